The van der Waals surface area contributed by atoms with E-state index in [9.17, 15) is 10.1 Å². The Kier molecular flexibility index (Phi) is 5.52. The SMILES string of the molecule is NCCC(CCN)(CCN)[N+](=O)[O-]. The largest absolute Gasteiger partial charge is 0.330 e. The zero-order valence-electron chi connectivity index (χ0n) is 7.74. The Balaban J connectivity index is 4.48. The van der Waals surface area contributed by atoms with Crippen molar-refractivity contribution in [2.45, 2.75) is 24.8 Å². The molecule has 0 bridgehead atoms. The van der Waals surface area contributed by atoms with Crippen LogP contribution in [0.4, 0.5) is 0 Å². The highest BCUT2D eigenvalue weighted by atomic mass is 16.6. The van der Waals surface area contributed by atoms with E-state index < -0.39 is 5.54 Å². The number of nitrogens with two attached hydrogens (primary N) is 3. The lowest BCUT2D eigenvalue weighted by atomic mass is 9.88. The molecule has 0 fully saturated rings. The van der Waals surface area contributed by atoms with Crippen LogP contribution < -0.4 is 17.2 Å². The molecule has 0 saturated carbocycles. The van der Waals surface area contributed by atoms with Gasteiger partial charge in [-0.05, 0) is 19.6 Å². The van der Waals surface area contributed by atoms with E-state index >= 15 is 0 Å². The summed E-state index contributed by atoms with van der Waals surface area (Å²) < 4.78 is 0. The summed E-state index contributed by atoms with van der Waals surface area (Å²) in [6.45, 7) is 0.878. The van der Waals surface area contributed by atoms with E-state index in [1.54, 1.807) is 0 Å². The highest BCUT2D eigenvalue weighted by molar-refractivity contribution is 4.80. The summed E-state index contributed by atoms with van der Waals surface area (Å²) in [5.74, 6) is 0. The van der Waals surface area contributed by atoms with Crippen LogP contribution in [0.2, 0.25) is 0 Å². The fourth-order valence-corrected chi connectivity index (χ4v) is 1.45. The van der Waals surface area contributed by atoms with Gasteiger partial charge in [0.2, 0.25) is 5.54 Å². The highest BCUT2D eigenvalue weighted by Crippen LogP contribution is 2.22. The van der Waals surface area contributed by atoms with Crippen LogP contribution in [-0.4, -0.2) is 30.1 Å². The zero-order chi connectivity index (χ0) is 10.3. The summed E-state index contributed by atoms with van der Waals surface area (Å²) in [7, 11) is 0. The Bertz CT molecular complexity index is 146. The molecule has 0 radical (unpaired) electrons. The van der Waals surface area contributed by atoms with Gasteiger partial charge in [-0.3, -0.25) is 10.1 Å². The maximum absolute atomic E-state index is 10.8. The Hall–Kier alpha value is -0.720. The molecule has 0 saturated heterocycles. The maximum Gasteiger partial charge on any atom is 0.225 e. The monoisotopic (exact) mass is 190 g/mol. The molecule has 0 spiro atoms. The molecule has 0 unspecified atom stereocenters. The molecule has 6 N–H and O–H groups in total. The minimum Gasteiger partial charge on any atom is -0.330 e. The normalized spacial score (nSPS) is 11.6. The molecule has 6 nitrogen and oxygen atoms in total. The molecular weight excluding hydrogens is 172 g/mol. The van der Waals surface area contributed by atoms with E-state index in [2.05, 4.69) is 0 Å². The van der Waals surface area contributed by atoms with Gasteiger partial charge in [0.15, 0.2) is 0 Å². The van der Waals surface area contributed by atoms with Crippen molar-refractivity contribution < 1.29 is 4.92 Å². The van der Waals surface area contributed by atoms with Gasteiger partial charge < -0.3 is 17.2 Å². The van der Waals surface area contributed by atoms with E-state index in [4.69, 9.17) is 17.2 Å². The summed E-state index contributed by atoms with van der Waals surface area (Å²) in [6, 6.07) is 0. The van der Waals surface area contributed by atoms with Crippen molar-refractivity contribution in [2.75, 3.05) is 19.6 Å². The van der Waals surface area contributed by atoms with E-state index in [1.165, 1.54) is 0 Å². The average molecular weight is 190 g/mol. The fraction of sp³-hybridized carbons (Fsp3) is 1.00. The fourth-order valence-electron chi connectivity index (χ4n) is 1.45. The molecule has 0 heterocycles. The van der Waals surface area contributed by atoms with E-state index in [1.807, 2.05) is 0 Å². The van der Waals surface area contributed by atoms with Gasteiger partial charge in [0.1, 0.15) is 0 Å². The van der Waals surface area contributed by atoms with Crippen LogP contribution in [0.5, 0.6) is 0 Å². The standard InChI is InChI=1S/C7H18N4O2/c8-4-1-7(2-5-9,3-6-10)11(12)13/h1-6,8-10H2. The third-order valence-electron chi connectivity index (χ3n) is 2.22. The Morgan fingerprint density at radius 1 is 1.00 bits per heavy atom. The van der Waals surface area contributed by atoms with Gasteiger partial charge in [-0.1, -0.05) is 0 Å². The third kappa shape index (κ3) is 3.25. The first-order chi connectivity index (χ1) is 6.13. The van der Waals surface area contributed by atoms with Gasteiger partial charge in [-0.2, -0.15) is 0 Å². The smallest absolute Gasteiger partial charge is 0.225 e. The number of hydrogen-bond donors (Lipinski definition) is 3. The highest BCUT2D eigenvalue weighted by Gasteiger charge is 2.40. The second-order valence-corrected chi connectivity index (χ2v) is 3.10. The third-order valence-corrected chi connectivity index (χ3v) is 2.22. The van der Waals surface area contributed by atoms with Crippen molar-refractivity contribution in [1.29, 1.82) is 0 Å². The van der Waals surface area contributed by atoms with E-state index in [0.29, 0.717) is 38.9 Å². The average Bonchev–Trinajstić information content (AvgIpc) is 2.05. The van der Waals surface area contributed by atoms with Crippen molar-refractivity contribution in [1.82, 2.24) is 0 Å². The molecule has 78 valence electrons. The minimum absolute atomic E-state index is 0.292. The van der Waals surface area contributed by atoms with Crippen LogP contribution in [-0.2, 0) is 0 Å². The molecule has 13 heavy (non-hydrogen) atoms. The molecule has 0 aromatic carbocycles. The predicted molar refractivity (Wildman–Crippen MR) is 50.7 cm³/mol. The van der Waals surface area contributed by atoms with Gasteiger partial charge in [-0.15, -0.1) is 0 Å². The summed E-state index contributed by atoms with van der Waals surface area (Å²) >= 11 is 0. The molecule has 0 aliphatic rings. The van der Waals surface area contributed by atoms with Crippen LogP contribution in [0.15, 0.2) is 0 Å². The number of hydrogen-bond acceptors (Lipinski definition) is 5. The second kappa shape index (κ2) is 5.85. The topological polar surface area (TPSA) is 121 Å². The van der Waals surface area contributed by atoms with Crippen molar-refractivity contribution in [3.8, 4) is 0 Å². The second-order valence-electron chi connectivity index (χ2n) is 3.10. The van der Waals surface area contributed by atoms with Crippen molar-refractivity contribution in [3.05, 3.63) is 10.1 Å². The zero-order valence-corrected chi connectivity index (χ0v) is 7.74. The first-order valence-corrected chi connectivity index (χ1v) is 4.37. The van der Waals surface area contributed by atoms with Crippen molar-refractivity contribution in [3.63, 3.8) is 0 Å². The van der Waals surface area contributed by atoms with Crippen molar-refractivity contribution in [2.24, 2.45) is 17.2 Å². The van der Waals surface area contributed by atoms with Crippen LogP contribution in [0, 0.1) is 10.1 Å². The molecule has 0 rings (SSSR count). The lowest BCUT2D eigenvalue weighted by Crippen LogP contribution is -2.43. The Morgan fingerprint density at radius 2 is 1.31 bits per heavy atom. The number of nitrogens with zero attached hydrogens (tertiary/aromatic N) is 1. The molecule has 0 aromatic heterocycles. The van der Waals surface area contributed by atoms with E-state index in [-0.39, 0.29) is 4.92 Å². The van der Waals surface area contributed by atoms with Crippen molar-refractivity contribution >= 4 is 0 Å². The molecule has 0 amide bonds. The quantitative estimate of drug-likeness (QED) is 0.353. The van der Waals surface area contributed by atoms with E-state index in [0.717, 1.165) is 0 Å². The Labute approximate surface area is 77.6 Å². The number of nitro groups is 1. The van der Waals surface area contributed by atoms with Crippen LogP contribution in [0.25, 0.3) is 0 Å². The van der Waals surface area contributed by atoms with Gasteiger partial charge in [0.05, 0.1) is 0 Å². The first-order valence-electron chi connectivity index (χ1n) is 4.37. The van der Waals surface area contributed by atoms with Gasteiger partial charge in [-0.25, -0.2) is 0 Å². The molecule has 0 aromatic rings. The van der Waals surface area contributed by atoms with Gasteiger partial charge in [0.25, 0.3) is 0 Å². The number of rotatable bonds is 7. The molecule has 6 heteroatoms. The molecule has 0 aliphatic heterocycles. The predicted octanol–water partition coefficient (Wildman–Crippen LogP) is -0.952. The van der Waals surface area contributed by atoms with Gasteiger partial charge in [0, 0.05) is 24.2 Å². The van der Waals surface area contributed by atoms with Crippen LogP contribution in [0.3, 0.4) is 0 Å². The summed E-state index contributed by atoms with van der Waals surface area (Å²) in [6.07, 6.45) is 1.03. The van der Waals surface area contributed by atoms with Gasteiger partial charge >= 0.3 is 0 Å². The summed E-state index contributed by atoms with van der Waals surface area (Å²) in [4.78, 5) is 10.5. The molecule has 0 atom stereocenters. The first kappa shape index (κ1) is 12.3. The molecule has 0 aliphatic carbocycles. The van der Waals surface area contributed by atoms with Crippen LogP contribution >= 0.6 is 0 Å². The maximum atomic E-state index is 10.8. The molecular formula is C7H18N4O2. The lowest BCUT2D eigenvalue weighted by Gasteiger charge is -2.23. The Morgan fingerprint density at radius 3 is 1.46 bits per heavy atom. The summed E-state index contributed by atoms with van der Waals surface area (Å²) in [5.41, 5.74) is 15.0. The van der Waals surface area contributed by atoms with Crippen LogP contribution in [0.1, 0.15) is 19.3 Å². The lowest BCUT2D eigenvalue weighted by molar-refractivity contribution is -0.572. The summed E-state index contributed by atoms with van der Waals surface area (Å²) in [5, 5.41) is 10.8. The minimum atomic E-state index is -1.00.